The second-order valence-electron chi connectivity index (χ2n) is 14.9. The summed E-state index contributed by atoms with van der Waals surface area (Å²) in [5.41, 5.74) is 0. The van der Waals surface area contributed by atoms with Gasteiger partial charge in [0.05, 0.1) is 39.9 Å². The van der Waals surface area contributed by atoms with Crippen LogP contribution in [0.5, 0.6) is 0 Å². The lowest BCUT2D eigenvalue weighted by atomic mass is 10.1. The van der Waals surface area contributed by atoms with E-state index < -0.39 is 26.6 Å². The second kappa shape index (κ2) is 34.9. The lowest BCUT2D eigenvalue weighted by Crippen LogP contribution is -2.45. The van der Waals surface area contributed by atoms with Crippen molar-refractivity contribution in [1.82, 2.24) is 5.32 Å². The van der Waals surface area contributed by atoms with Gasteiger partial charge < -0.3 is 28.8 Å². The molecule has 0 bridgehead atoms. The zero-order valence-electron chi connectivity index (χ0n) is 34.0. The SMILES string of the molecule is CC/C=C\C/C=C\C/C=C\CCCCCCCCCC(=O)NC(COP(=O)([O-])OCC[N+](C)(C)C)C(O)/C=C/CC/C=C/CCCCCCCCC. The number of rotatable bonds is 36. The quantitative estimate of drug-likeness (QED) is 0.0286. The third kappa shape index (κ3) is 36.6. The van der Waals surface area contributed by atoms with Gasteiger partial charge in [-0.25, -0.2) is 0 Å². The van der Waals surface area contributed by atoms with Gasteiger partial charge in [-0.3, -0.25) is 9.36 Å². The van der Waals surface area contributed by atoms with E-state index in [1.165, 1.54) is 64.2 Å². The molecule has 0 saturated carbocycles. The van der Waals surface area contributed by atoms with E-state index in [0.29, 0.717) is 17.4 Å². The number of phosphoric ester groups is 1. The zero-order chi connectivity index (χ0) is 38.6. The number of nitrogens with zero attached hydrogens (tertiary/aromatic N) is 1. The number of carbonyl (C=O) groups is 1. The number of hydrogen-bond acceptors (Lipinski definition) is 6. The number of carbonyl (C=O) groups excluding carboxylic acids is 1. The molecule has 0 aliphatic heterocycles. The van der Waals surface area contributed by atoms with Crippen molar-refractivity contribution in [2.45, 2.75) is 167 Å². The molecule has 0 aromatic carbocycles. The fourth-order valence-electron chi connectivity index (χ4n) is 5.42. The summed E-state index contributed by atoms with van der Waals surface area (Å²) in [5, 5.41) is 13.7. The van der Waals surface area contributed by atoms with E-state index in [0.717, 1.165) is 70.6 Å². The van der Waals surface area contributed by atoms with Crippen molar-refractivity contribution in [3.63, 3.8) is 0 Å². The van der Waals surface area contributed by atoms with E-state index in [4.69, 9.17) is 9.05 Å². The molecule has 0 rings (SSSR count). The first-order valence-electron chi connectivity index (χ1n) is 20.7. The number of quaternary nitrogens is 1. The summed E-state index contributed by atoms with van der Waals surface area (Å²) >= 11 is 0. The van der Waals surface area contributed by atoms with Crippen LogP contribution in [-0.2, 0) is 18.4 Å². The summed E-state index contributed by atoms with van der Waals surface area (Å²) in [7, 11) is 1.22. The summed E-state index contributed by atoms with van der Waals surface area (Å²) in [5.74, 6) is -0.222. The Morgan fingerprint density at radius 1 is 0.692 bits per heavy atom. The molecule has 3 unspecified atom stereocenters. The maximum Gasteiger partial charge on any atom is 0.268 e. The molecule has 0 aromatic heterocycles. The van der Waals surface area contributed by atoms with E-state index in [1.807, 2.05) is 27.2 Å². The molecule has 0 saturated heterocycles. The molecule has 52 heavy (non-hydrogen) atoms. The number of allylic oxidation sites excluding steroid dienone is 9. The minimum absolute atomic E-state index is 0.0112. The summed E-state index contributed by atoms with van der Waals surface area (Å²) < 4.78 is 23.1. The maximum absolute atomic E-state index is 12.8. The van der Waals surface area contributed by atoms with Gasteiger partial charge in [0, 0.05) is 6.42 Å². The number of phosphoric acid groups is 1. The van der Waals surface area contributed by atoms with Crippen LogP contribution in [0.2, 0.25) is 0 Å². The predicted octanol–water partition coefficient (Wildman–Crippen LogP) is 10.4. The molecule has 0 heterocycles. The Hall–Kier alpha value is -1.80. The number of hydrogen-bond donors (Lipinski definition) is 2. The van der Waals surface area contributed by atoms with Crippen molar-refractivity contribution in [1.29, 1.82) is 0 Å². The maximum atomic E-state index is 12.8. The Labute approximate surface area is 320 Å². The minimum Gasteiger partial charge on any atom is -0.756 e. The van der Waals surface area contributed by atoms with Gasteiger partial charge in [0.15, 0.2) is 0 Å². The van der Waals surface area contributed by atoms with Crippen molar-refractivity contribution >= 4 is 13.7 Å². The average Bonchev–Trinajstić information content (AvgIpc) is 3.09. The van der Waals surface area contributed by atoms with E-state index in [-0.39, 0.29) is 12.5 Å². The molecule has 0 radical (unpaired) electrons. The number of aliphatic hydroxyl groups excluding tert-OH is 1. The molecule has 0 fully saturated rings. The second-order valence-corrected chi connectivity index (χ2v) is 16.4. The molecule has 8 nitrogen and oxygen atoms in total. The first-order chi connectivity index (χ1) is 25.0. The third-order valence-electron chi connectivity index (χ3n) is 8.71. The fourth-order valence-corrected chi connectivity index (χ4v) is 6.14. The molecule has 0 aliphatic rings. The van der Waals surface area contributed by atoms with Gasteiger partial charge >= 0.3 is 0 Å². The first-order valence-corrected chi connectivity index (χ1v) is 22.1. The highest BCUT2D eigenvalue weighted by Crippen LogP contribution is 2.38. The average molecular weight is 751 g/mol. The lowest BCUT2D eigenvalue weighted by molar-refractivity contribution is -0.870. The summed E-state index contributed by atoms with van der Waals surface area (Å²) in [6, 6.07) is -0.908. The van der Waals surface area contributed by atoms with Crippen LogP contribution in [0.4, 0.5) is 0 Å². The summed E-state index contributed by atoms with van der Waals surface area (Å²) in [6.07, 6.45) is 44.1. The Morgan fingerprint density at radius 3 is 1.79 bits per heavy atom. The van der Waals surface area contributed by atoms with E-state index in [9.17, 15) is 19.4 Å². The Bertz CT molecular complexity index is 1030. The van der Waals surface area contributed by atoms with Crippen LogP contribution < -0.4 is 10.2 Å². The fraction of sp³-hybridized carbons (Fsp3) is 0.744. The summed E-state index contributed by atoms with van der Waals surface area (Å²) in [6.45, 7) is 4.47. The molecular weight excluding hydrogens is 671 g/mol. The summed E-state index contributed by atoms with van der Waals surface area (Å²) in [4.78, 5) is 25.2. The van der Waals surface area contributed by atoms with Crippen LogP contribution >= 0.6 is 7.82 Å². The Balaban J connectivity index is 4.53. The molecule has 0 spiro atoms. The number of amides is 1. The van der Waals surface area contributed by atoms with Gasteiger partial charge in [0.25, 0.3) is 7.82 Å². The number of likely N-dealkylation sites (N-methyl/N-ethyl adjacent to an activating group) is 1. The standard InChI is InChI=1S/C43H79N2O6P/c1-6-8-10-12-14-16-18-20-21-22-23-25-27-29-31-33-35-37-43(47)44-41(40-51-52(48,49)50-39-38-45(3,4)5)42(46)36-34-32-30-28-26-24-19-17-15-13-11-9-7-2/h8,10,14,16,20-21,26,28,34,36,41-42,46H,6-7,9,11-13,15,17-19,22-25,27,29-33,35,37-40H2,1-5H3,(H-,44,47,48,49)/b10-8-,16-14-,21-20-,28-26+,36-34+. The molecule has 9 heteroatoms. The van der Waals surface area contributed by atoms with Crippen LogP contribution in [0.25, 0.3) is 0 Å². The highest BCUT2D eigenvalue weighted by atomic mass is 31.2. The topological polar surface area (TPSA) is 108 Å². The van der Waals surface area contributed by atoms with Gasteiger partial charge in [-0.05, 0) is 64.2 Å². The number of unbranched alkanes of at least 4 members (excludes halogenated alkanes) is 15. The van der Waals surface area contributed by atoms with Gasteiger partial charge in [-0.15, -0.1) is 0 Å². The van der Waals surface area contributed by atoms with Crippen molar-refractivity contribution < 1.29 is 32.9 Å². The van der Waals surface area contributed by atoms with E-state index in [2.05, 4.69) is 67.8 Å². The Kier molecular flexibility index (Phi) is 33.7. The van der Waals surface area contributed by atoms with Gasteiger partial charge in [0.2, 0.25) is 5.91 Å². The van der Waals surface area contributed by atoms with Crippen molar-refractivity contribution in [2.24, 2.45) is 0 Å². The third-order valence-corrected chi connectivity index (χ3v) is 9.68. The van der Waals surface area contributed by atoms with Crippen LogP contribution in [-0.4, -0.2) is 68.5 Å². The first kappa shape index (κ1) is 50.2. The molecular formula is C43H79N2O6P. The lowest BCUT2D eigenvalue weighted by Gasteiger charge is -2.29. The largest absolute Gasteiger partial charge is 0.756 e. The highest BCUT2D eigenvalue weighted by Gasteiger charge is 2.23. The van der Waals surface area contributed by atoms with E-state index in [1.54, 1.807) is 6.08 Å². The van der Waals surface area contributed by atoms with Gasteiger partial charge in [0.1, 0.15) is 13.2 Å². The van der Waals surface area contributed by atoms with Gasteiger partial charge in [-0.1, -0.05) is 145 Å². The van der Waals surface area contributed by atoms with Crippen molar-refractivity contribution in [2.75, 3.05) is 40.9 Å². The highest BCUT2D eigenvalue weighted by molar-refractivity contribution is 7.45. The van der Waals surface area contributed by atoms with E-state index >= 15 is 0 Å². The molecule has 302 valence electrons. The van der Waals surface area contributed by atoms with Crippen LogP contribution in [0.3, 0.4) is 0 Å². The predicted molar refractivity (Wildman–Crippen MR) is 219 cm³/mol. The van der Waals surface area contributed by atoms with Crippen LogP contribution in [0, 0.1) is 0 Å². The number of aliphatic hydroxyl groups is 1. The van der Waals surface area contributed by atoms with Crippen molar-refractivity contribution in [3.05, 3.63) is 60.8 Å². The molecule has 2 N–H and O–H groups in total. The van der Waals surface area contributed by atoms with Gasteiger partial charge in [-0.2, -0.15) is 0 Å². The minimum atomic E-state index is -4.60. The smallest absolute Gasteiger partial charge is 0.268 e. The molecule has 0 aliphatic carbocycles. The molecule has 3 atom stereocenters. The normalized spacial score (nSPS) is 15.1. The molecule has 0 aromatic rings. The monoisotopic (exact) mass is 751 g/mol. The van der Waals surface area contributed by atoms with Crippen LogP contribution in [0.1, 0.15) is 155 Å². The Morgan fingerprint density at radius 2 is 1.19 bits per heavy atom. The molecule has 1 amide bonds. The number of nitrogens with one attached hydrogen (secondary N) is 1. The zero-order valence-corrected chi connectivity index (χ0v) is 34.9. The van der Waals surface area contributed by atoms with Crippen LogP contribution in [0.15, 0.2) is 60.8 Å². The van der Waals surface area contributed by atoms with Crippen molar-refractivity contribution in [3.8, 4) is 0 Å².